The van der Waals surface area contributed by atoms with E-state index in [1.165, 1.54) is 0 Å². The summed E-state index contributed by atoms with van der Waals surface area (Å²) in [5.74, 6) is -0.107. The van der Waals surface area contributed by atoms with Gasteiger partial charge in [0.15, 0.2) is 5.78 Å². The number of hydrogen-bond donors (Lipinski definition) is 0. The Hall–Kier alpha value is -2.38. The van der Waals surface area contributed by atoms with Crippen LogP contribution in [0.15, 0.2) is 57.9 Å². The lowest BCUT2D eigenvalue weighted by Gasteiger charge is -2.15. The van der Waals surface area contributed by atoms with Crippen molar-refractivity contribution in [2.75, 3.05) is 6.54 Å². The van der Waals surface area contributed by atoms with Crippen molar-refractivity contribution < 1.29 is 19.1 Å². The number of Topliss-reactive ketones (excluding diaryl/α,β-unsaturated/α-hetero) is 1. The fourth-order valence-corrected chi connectivity index (χ4v) is 3.75. The first-order chi connectivity index (χ1) is 13.9. The van der Waals surface area contributed by atoms with E-state index in [1.807, 2.05) is 38.1 Å². The molecule has 29 heavy (non-hydrogen) atoms. The molecule has 1 saturated heterocycles. The molecule has 1 atom stereocenters. The summed E-state index contributed by atoms with van der Waals surface area (Å²) in [6, 6.07) is 14.2. The predicted octanol–water partition coefficient (Wildman–Crippen LogP) is 5.55. The maximum atomic E-state index is 12.7. The number of para-hydroxylation sites is 1. The average molecular weight is 474 g/mol. The van der Waals surface area contributed by atoms with E-state index >= 15 is 0 Å². The van der Waals surface area contributed by atoms with Crippen molar-refractivity contribution in [1.82, 2.24) is 4.90 Å². The number of benzene rings is 2. The largest absolute Gasteiger partial charge is 0.490 e. The quantitative estimate of drug-likeness (QED) is 0.389. The topological polar surface area (TPSA) is 63.7 Å². The molecule has 1 fully saturated rings. The summed E-state index contributed by atoms with van der Waals surface area (Å²) in [7, 11) is 0. The van der Waals surface area contributed by atoms with E-state index in [-0.39, 0.29) is 23.3 Å². The number of carbonyl (C=O) groups excluding carboxylic acids is 3. The fraction of sp³-hybridized carbons (Fsp3) is 0.227. The SMILES string of the molecule is CC[C@@H](C)Oc1ccccc1/C=C1/SC(=O)N(CC(=O)c2ccc(Br)cc2)C1=O. The summed E-state index contributed by atoms with van der Waals surface area (Å²) in [4.78, 5) is 38.8. The molecule has 1 aliphatic rings. The van der Waals surface area contributed by atoms with Gasteiger partial charge >= 0.3 is 0 Å². The Bertz CT molecular complexity index is 971. The van der Waals surface area contributed by atoms with Crippen LogP contribution in [-0.2, 0) is 4.79 Å². The fourth-order valence-electron chi connectivity index (χ4n) is 2.66. The molecule has 0 aromatic heterocycles. The summed E-state index contributed by atoms with van der Waals surface area (Å²) < 4.78 is 6.75. The van der Waals surface area contributed by atoms with Crippen molar-refractivity contribution in [1.29, 1.82) is 0 Å². The molecular formula is C22H20BrNO4S. The molecule has 5 nitrogen and oxygen atoms in total. The Morgan fingerprint density at radius 2 is 1.86 bits per heavy atom. The lowest BCUT2D eigenvalue weighted by molar-refractivity contribution is -0.122. The number of thioether (sulfide) groups is 1. The molecule has 0 bridgehead atoms. The first kappa shape index (κ1) is 21.3. The molecule has 0 saturated carbocycles. The van der Waals surface area contributed by atoms with Gasteiger partial charge in [-0.1, -0.05) is 53.2 Å². The van der Waals surface area contributed by atoms with Gasteiger partial charge in [-0.3, -0.25) is 19.3 Å². The lowest BCUT2D eigenvalue weighted by atomic mass is 10.1. The third-order valence-electron chi connectivity index (χ3n) is 4.45. The second kappa shape index (κ2) is 9.41. The molecule has 7 heteroatoms. The maximum absolute atomic E-state index is 12.7. The summed E-state index contributed by atoms with van der Waals surface area (Å²) in [5, 5.41) is -0.452. The molecule has 3 rings (SSSR count). The first-order valence-electron chi connectivity index (χ1n) is 9.19. The van der Waals surface area contributed by atoms with E-state index in [4.69, 9.17) is 4.74 Å². The van der Waals surface area contributed by atoms with Crippen molar-refractivity contribution in [2.45, 2.75) is 26.4 Å². The Kier molecular flexibility index (Phi) is 6.92. The van der Waals surface area contributed by atoms with Gasteiger partial charge in [-0.05, 0) is 49.4 Å². The predicted molar refractivity (Wildman–Crippen MR) is 118 cm³/mol. The smallest absolute Gasteiger partial charge is 0.293 e. The van der Waals surface area contributed by atoms with Gasteiger partial charge < -0.3 is 4.74 Å². The van der Waals surface area contributed by atoms with Gasteiger partial charge in [-0.2, -0.15) is 0 Å². The summed E-state index contributed by atoms with van der Waals surface area (Å²) in [6.45, 7) is 3.72. The molecule has 0 spiro atoms. The average Bonchev–Trinajstić information content (AvgIpc) is 2.97. The molecular weight excluding hydrogens is 454 g/mol. The minimum Gasteiger partial charge on any atom is -0.490 e. The third kappa shape index (κ3) is 5.16. The van der Waals surface area contributed by atoms with Gasteiger partial charge in [0, 0.05) is 15.6 Å². The molecule has 1 heterocycles. The monoisotopic (exact) mass is 473 g/mol. The minimum atomic E-state index is -0.469. The standard InChI is InChI=1S/C22H20BrNO4S/c1-3-14(2)28-19-7-5-4-6-16(19)12-20-21(26)24(22(27)29-20)13-18(25)15-8-10-17(23)11-9-15/h4-12,14H,3,13H2,1-2H3/b20-12+/t14-/m1/s1. The van der Waals surface area contributed by atoms with Crippen LogP contribution in [0.3, 0.4) is 0 Å². The van der Waals surface area contributed by atoms with Crippen molar-refractivity contribution in [3.05, 3.63) is 69.0 Å². The van der Waals surface area contributed by atoms with Gasteiger partial charge in [0.25, 0.3) is 11.1 Å². The van der Waals surface area contributed by atoms with Gasteiger partial charge in [0.05, 0.1) is 17.6 Å². The third-order valence-corrected chi connectivity index (χ3v) is 5.89. The number of halogens is 1. The van der Waals surface area contributed by atoms with Crippen LogP contribution < -0.4 is 4.74 Å². The first-order valence-corrected chi connectivity index (χ1v) is 10.8. The highest BCUT2D eigenvalue weighted by Crippen LogP contribution is 2.34. The molecule has 2 aromatic rings. The van der Waals surface area contributed by atoms with Crippen LogP contribution in [0.4, 0.5) is 4.79 Å². The zero-order valence-corrected chi connectivity index (χ0v) is 18.5. The van der Waals surface area contributed by atoms with Gasteiger partial charge in [-0.15, -0.1) is 0 Å². The van der Waals surface area contributed by atoms with Crippen LogP contribution in [0, 0.1) is 0 Å². The minimum absolute atomic E-state index is 0.0307. The Morgan fingerprint density at radius 1 is 1.17 bits per heavy atom. The van der Waals surface area contributed by atoms with Crippen LogP contribution in [0.1, 0.15) is 36.2 Å². The zero-order valence-electron chi connectivity index (χ0n) is 16.1. The molecule has 0 aliphatic carbocycles. The maximum Gasteiger partial charge on any atom is 0.293 e. The van der Waals surface area contributed by atoms with Crippen LogP contribution in [0.25, 0.3) is 6.08 Å². The zero-order chi connectivity index (χ0) is 21.0. The van der Waals surface area contributed by atoms with Crippen molar-refractivity contribution >= 4 is 50.7 Å². The van der Waals surface area contributed by atoms with E-state index in [0.29, 0.717) is 11.3 Å². The van der Waals surface area contributed by atoms with E-state index < -0.39 is 11.1 Å². The van der Waals surface area contributed by atoms with Crippen molar-refractivity contribution in [3.63, 3.8) is 0 Å². The lowest BCUT2D eigenvalue weighted by Crippen LogP contribution is -2.33. The van der Waals surface area contributed by atoms with E-state index in [1.54, 1.807) is 30.3 Å². The second-order valence-corrected chi connectivity index (χ2v) is 8.48. The second-order valence-electron chi connectivity index (χ2n) is 6.57. The van der Waals surface area contributed by atoms with Crippen molar-refractivity contribution in [3.8, 4) is 5.75 Å². The summed E-state index contributed by atoms with van der Waals surface area (Å²) in [5.41, 5.74) is 1.17. The number of carbonyl (C=O) groups is 3. The van der Waals surface area contributed by atoms with E-state index in [9.17, 15) is 14.4 Å². The summed E-state index contributed by atoms with van der Waals surface area (Å²) >= 11 is 4.15. The number of amides is 2. The number of ether oxygens (including phenoxy) is 1. The molecule has 1 aliphatic heterocycles. The molecule has 2 aromatic carbocycles. The van der Waals surface area contributed by atoms with Gasteiger partial charge in [-0.25, -0.2) is 0 Å². The number of rotatable bonds is 7. The van der Waals surface area contributed by atoms with E-state index in [2.05, 4.69) is 15.9 Å². The highest BCUT2D eigenvalue weighted by atomic mass is 79.9. The van der Waals surface area contributed by atoms with Gasteiger partial charge in [0.2, 0.25) is 0 Å². The van der Waals surface area contributed by atoms with Crippen LogP contribution in [0.2, 0.25) is 0 Å². The van der Waals surface area contributed by atoms with Crippen LogP contribution in [0.5, 0.6) is 5.75 Å². The molecule has 0 N–H and O–H groups in total. The molecule has 0 unspecified atom stereocenters. The number of nitrogens with zero attached hydrogens (tertiary/aromatic N) is 1. The van der Waals surface area contributed by atoms with Crippen LogP contribution in [-0.4, -0.2) is 34.5 Å². The Morgan fingerprint density at radius 3 is 2.55 bits per heavy atom. The number of ketones is 1. The van der Waals surface area contributed by atoms with Gasteiger partial charge in [0.1, 0.15) is 5.75 Å². The highest BCUT2D eigenvalue weighted by Gasteiger charge is 2.36. The Balaban J connectivity index is 1.78. The van der Waals surface area contributed by atoms with E-state index in [0.717, 1.165) is 33.1 Å². The van der Waals surface area contributed by atoms with Crippen molar-refractivity contribution in [2.24, 2.45) is 0 Å². The molecule has 0 radical (unpaired) electrons. The van der Waals surface area contributed by atoms with Crippen LogP contribution >= 0.6 is 27.7 Å². The molecule has 150 valence electrons. The molecule has 2 amide bonds. The Labute approximate surface area is 182 Å². The number of hydrogen-bond acceptors (Lipinski definition) is 5. The number of imide groups is 1. The normalized spacial score (nSPS) is 16.4. The highest BCUT2D eigenvalue weighted by molar-refractivity contribution is 9.10. The summed E-state index contributed by atoms with van der Waals surface area (Å²) in [6.07, 6.45) is 2.53.